The SMILES string of the molecule is COc1cc(C(CC(=O)NCC(=O)NCc2nc(C)no2)c2c(O)cc3c(c2O)C(=O)O[C@@H](C)CCCC(=O)CCC/C=C/3)cc(OC)c1OC. The number of carbonyl (C=O) groups excluding carboxylic acids is 4. The monoisotopic (exact) mass is 708 g/mol. The molecule has 1 aromatic heterocycles. The molecule has 4 rings (SSSR count). The van der Waals surface area contributed by atoms with E-state index in [-0.39, 0.29) is 52.2 Å². The first kappa shape index (κ1) is 38.2. The molecule has 15 heteroatoms. The van der Waals surface area contributed by atoms with Gasteiger partial charge in [0, 0.05) is 30.7 Å². The van der Waals surface area contributed by atoms with Gasteiger partial charge >= 0.3 is 5.97 Å². The zero-order valence-electron chi connectivity index (χ0n) is 29.4. The minimum Gasteiger partial charge on any atom is -0.507 e. The third kappa shape index (κ3) is 9.99. The van der Waals surface area contributed by atoms with Crippen LogP contribution in [0, 0.1) is 6.92 Å². The lowest BCUT2D eigenvalue weighted by atomic mass is 9.84. The highest BCUT2D eigenvalue weighted by Gasteiger charge is 2.32. The second kappa shape index (κ2) is 17.9. The topological polar surface area (TPSA) is 209 Å². The van der Waals surface area contributed by atoms with E-state index in [1.165, 1.54) is 27.4 Å². The minimum absolute atomic E-state index is 0.0399. The highest BCUT2D eigenvalue weighted by Crippen LogP contribution is 2.47. The molecule has 2 aromatic carbocycles. The molecule has 0 aliphatic carbocycles. The van der Waals surface area contributed by atoms with Crippen molar-refractivity contribution in [2.24, 2.45) is 0 Å². The molecule has 274 valence electrons. The first-order chi connectivity index (χ1) is 24.4. The van der Waals surface area contributed by atoms with Crippen LogP contribution in [-0.4, -0.2) is 77.9 Å². The summed E-state index contributed by atoms with van der Waals surface area (Å²) in [6, 6.07) is 4.44. The van der Waals surface area contributed by atoms with Crippen LogP contribution in [0.2, 0.25) is 0 Å². The lowest BCUT2D eigenvalue weighted by Gasteiger charge is -2.24. The molecule has 3 aromatic rings. The molecule has 2 atom stereocenters. The van der Waals surface area contributed by atoms with Crippen molar-refractivity contribution in [3.05, 3.63) is 58.2 Å². The number of amides is 2. The average molecular weight is 709 g/mol. The molecule has 0 saturated heterocycles. The van der Waals surface area contributed by atoms with E-state index in [1.807, 2.05) is 0 Å². The largest absolute Gasteiger partial charge is 0.507 e. The van der Waals surface area contributed by atoms with E-state index in [4.69, 9.17) is 23.5 Å². The van der Waals surface area contributed by atoms with Gasteiger partial charge < -0.3 is 44.3 Å². The van der Waals surface area contributed by atoms with Crippen molar-refractivity contribution >= 4 is 29.6 Å². The molecule has 0 fully saturated rings. The van der Waals surface area contributed by atoms with Gasteiger partial charge in [-0.05, 0) is 68.9 Å². The van der Waals surface area contributed by atoms with Crippen LogP contribution in [0.4, 0.5) is 0 Å². The quantitative estimate of drug-likeness (QED) is 0.206. The molecule has 1 aliphatic heterocycles. The van der Waals surface area contributed by atoms with E-state index in [2.05, 4.69) is 20.8 Å². The highest BCUT2D eigenvalue weighted by molar-refractivity contribution is 5.98. The summed E-state index contributed by atoms with van der Waals surface area (Å²) in [6.07, 6.45) is 5.25. The Morgan fingerprint density at radius 3 is 2.35 bits per heavy atom. The van der Waals surface area contributed by atoms with Crippen molar-refractivity contribution in [1.82, 2.24) is 20.8 Å². The molecule has 15 nitrogen and oxygen atoms in total. The third-order valence-electron chi connectivity index (χ3n) is 8.33. The molecule has 0 saturated carbocycles. The maximum Gasteiger partial charge on any atom is 0.342 e. The van der Waals surface area contributed by atoms with E-state index in [0.29, 0.717) is 49.9 Å². The predicted molar refractivity (Wildman–Crippen MR) is 183 cm³/mol. The van der Waals surface area contributed by atoms with E-state index >= 15 is 0 Å². The second-order valence-electron chi connectivity index (χ2n) is 12.1. The number of rotatable bonds is 11. The molecule has 2 amide bonds. The number of carbonyl (C=O) groups is 4. The minimum atomic E-state index is -1.11. The number of fused-ring (bicyclic) bond motifs is 1. The smallest absolute Gasteiger partial charge is 0.342 e. The maximum atomic E-state index is 13.7. The van der Waals surface area contributed by atoms with Gasteiger partial charge in [-0.2, -0.15) is 4.98 Å². The zero-order chi connectivity index (χ0) is 37.1. The van der Waals surface area contributed by atoms with Crippen molar-refractivity contribution in [3.8, 4) is 28.7 Å². The summed E-state index contributed by atoms with van der Waals surface area (Å²) in [5, 5.41) is 32.2. The van der Waals surface area contributed by atoms with Gasteiger partial charge in [0.05, 0.1) is 40.5 Å². The molecule has 0 radical (unpaired) electrons. The molecule has 2 heterocycles. The van der Waals surface area contributed by atoms with E-state index in [0.717, 1.165) is 0 Å². The van der Waals surface area contributed by atoms with Crippen LogP contribution >= 0.6 is 0 Å². The lowest BCUT2D eigenvalue weighted by molar-refractivity contribution is -0.126. The first-order valence-corrected chi connectivity index (χ1v) is 16.6. The molecule has 4 N–H and O–H groups in total. The Labute approximate surface area is 295 Å². The number of ether oxygens (including phenoxy) is 4. The molecule has 0 bridgehead atoms. The number of Topliss-reactive ketones (excluding diaryl/α,β-unsaturated/α-hetero) is 1. The Balaban J connectivity index is 1.75. The number of aromatic hydroxyl groups is 2. The number of benzene rings is 2. The number of nitrogens with zero attached hydrogens (tertiary/aromatic N) is 2. The number of aromatic nitrogens is 2. The predicted octanol–water partition coefficient (Wildman–Crippen LogP) is 4.25. The van der Waals surface area contributed by atoms with Crippen molar-refractivity contribution in [3.63, 3.8) is 0 Å². The van der Waals surface area contributed by atoms with Crippen LogP contribution in [0.5, 0.6) is 28.7 Å². The van der Waals surface area contributed by atoms with Crippen molar-refractivity contribution < 1.29 is 52.9 Å². The summed E-state index contributed by atoms with van der Waals surface area (Å²) >= 11 is 0. The molecule has 1 unspecified atom stereocenters. The number of hydrogen-bond donors (Lipinski definition) is 4. The fraction of sp³-hybridized carbons (Fsp3) is 0.444. The van der Waals surface area contributed by atoms with Crippen LogP contribution < -0.4 is 24.8 Å². The van der Waals surface area contributed by atoms with Crippen LogP contribution in [0.3, 0.4) is 0 Å². The number of phenolic OH excluding ortho intramolecular Hbond substituents is 2. The van der Waals surface area contributed by atoms with Gasteiger partial charge in [0.25, 0.3) is 0 Å². The van der Waals surface area contributed by atoms with Crippen LogP contribution in [0.15, 0.2) is 28.8 Å². The molecule has 1 aliphatic rings. The summed E-state index contributed by atoms with van der Waals surface area (Å²) in [4.78, 5) is 55.9. The normalized spacial score (nSPS) is 16.5. The number of aryl methyl sites for hydroxylation is 1. The molecule has 51 heavy (non-hydrogen) atoms. The van der Waals surface area contributed by atoms with E-state index < -0.39 is 54.3 Å². The molecular formula is C36H44N4O11. The zero-order valence-corrected chi connectivity index (χ0v) is 29.4. The Kier molecular flexibility index (Phi) is 13.4. The van der Waals surface area contributed by atoms with Gasteiger partial charge in [-0.15, -0.1) is 0 Å². The summed E-state index contributed by atoms with van der Waals surface area (Å²) in [5.74, 6) is -2.63. The molecular weight excluding hydrogens is 664 g/mol. The molecule has 0 spiro atoms. The van der Waals surface area contributed by atoms with Gasteiger partial charge in [0.1, 0.15) is 22.8 Å². The van der Waals surface area contributed by atoms with Gasteiger partial charge in [0.15, 0.2) is 17.3 Å². The lowest BCUT2D eigenvalue weighted by Crippen LogP contribution is -2.37. The average Bonchev–Trinajstić information content (AvgIpc) is 3.52. The fourth-order valence-electron chi connectivity index (χ4n) is 5.79. The number of nitrogens with one attached hydrogen (secondary N) is 2. The van der Waals surface area contributed by atoms with E-state index in [1.54, 1.807) is 38.1 Å². The van der Waals surface area contributed by atoms with Crippen molar-refractivity contribution in [2.45, 2.75) is 77.4 Å². The standard InChI is InChI=1S/C36H44N4O11/c1-20-10-9-13-24(41)12-8-6-7-11-22-14-26(42)33(34(45)32(22)36(46)50-20)25(23-15-27(47-3)35(49-5)28(16-23)48-4)17-29(43)37-18-30(44)38-19-31-39-21(2)40-51-31/h7,11,14-16,20,25,42,45H,6,8-10,12-13,17-19H2,1-5H3,(H,37,43)(H,38,44)/b11-7+/t20-,25?/m0/s1. The summed E-state index contributed by atoms with van der Waals surface area (Å²) in [6.45, 7) is 2.89. The summed E-state index contributed by atoms with van der Waals surface area (Å²) in [7, 11) is 4.26. The Morgan fingerprint density at radius 2 is 1.71 bits per heavy atom. The Hall–Kier alpha value is -5.60. The first-order valence-electron chi connectivity index (χ1n) is 16.6. The van der Waals surface area contributed by atoms with Gasteiger partial charge in [-0.25, -0.2) is 4.79 Å². The number of methoxy groups -OCH3 is 3. The van der Waals surface area contributed by atoms with Crippen molar-refractivity contribution in [1.29, 1.82) is 0 Å². The van der Waals surface area contributed by atoms with Gasteiger partial charge in [-0.3, -0.25) is 14.4 Å². The number of ketones is 1. The van der Waals surface area contributed by atoms with Crippen molar-refractivity contribution in [2.75, 3.05) is 27.9 Å². The Bertz CT molecular complexity index is 1740. The number of phenols is 2. The van der Waals surface area contributed by atoms with Crippen LogP contribution in [0.25, 0.3) is 6.08 Å². The second-order valence-corrected chi connectivity index (χ2v) is 12.1. The highest BCUT2D eigenvalue weighted by atomic mass is 16.5. The fourth-order valence-corrected chi connectivity index (χ4v) is 5.79. The van der Waals surface area contributed by atoms with Crippen LogP contribution in [0.1, 0.15) is 96.6 Å². The third-order valence-corrected chi connectivity index (χ3v) is 8.33. The summed E-state index contributed by atoms with van der Waals surface area (Å²) in [5.41, 5.74) is 0.200. The van der Waals surface area contributed by atoms with Crippen LogP contribution in [-0.2, 0) is 25.7 Å². The number of esters is 1. The number of cyclic esters (lactones) is 1. The van der Waals surface area contributed by atoms with Gasteiger partial charge in [0.2, 0.25) is 23.5 Å². The Morgan fingerprint density at radius 1 is 1.00 bits per heavy atom. The number of hydrogen-bond acceptors (Lipinski definition) is 13. The maximum absolute atomic E-state index is 13.7. The summed E-state index contributed by atoms with van der Waals surface area (Å²) < 4.78 is 27.2. The van der Waals surface area contributed by atoms with E-state index in [9.17, 15) is 29.4 Å². The number of allylic oxidation sites excluding steroid dienone is 1. The van der Waals surface area contributed by atoms with Gasteiger partial charge in [-0.1, -0.05) is 17.3 Å².